The lowest BCUT2D eigenvalue weighted by Gasteiger charge is -2.27. The summed E-state index contributed by atoms with van der Waals surface area (Å²) in [5.41, 5.74) is 12.1. The Balaban J connectivity index is 1.59. The molecule has 7 rings (SSSR count). The fourth-order valence-electron chi connectivity index (χ4n) is 6.74. The molecule has 36 heavy (non-hydrogen) atoms. The number of nitrogens with one attached hydrogen (secondary N) is 1. The highest BCUT2D eigenvalue weighted by Gasteiger charge is 2.46. The highest BCUT2D eigenvalue weighted by Crippen LogP contribution is 2.57. The first-order valence-corrected chi connectivity index (χ1v) is 12.9. The summed E-state index contributed by atoms with van der Waals surface area (Å²) in [5.74, 6) is 0.537. The van der Waals surface area contributed by atoms with Crippen molar-refractivity contribution in [1.82, 2.24) is 9.55 Å². The van der Waals surface area contributed by atoms with E-state index in [2.05, 4.69) is 133 Å². The number of hydrogen-bond acceptors (Lipinski definition) is 0. The molecule has 176 valence electrons. The summed E-state index contributed by atoms with van der Waals surface area (Å²) in [6.07, 6.45) is 0. The summed E-state index contributed by atoms with van der Waals surface area (Å²) < 4.78 is 2.66. The summed E-state index contributed by atoms with van der Waals surface area (Å²) >= 11 is 0. The van der Waals surface area contributed by atoms with Gasteiger partial charge in [0.25, 0.3) is 0 Å². The van der Waals surface area contributed by atoms with Crippen LogP contribution < -0.4 is 0 Å². The van der Waals surface area contributed by atoms with E-state index in [9.17, 15) is 0 Å². The average molecular weight is 467 g/mol. The van der Waals surface area contributed by atoms with E-state index >= 15 is 0 Å². The summed E-state index contributed by atoms with van der Waals surface area (Å²) in [6.45, 7) is 6.78. The molecule has 6 aromatic rings. The van der Waals surface area contributed by atoms with Crippen molar-refractivity contribution >= 4 is 21.8 Å². The third-order valence-corrected chi connectivity index (χ3v) is 8.40. The summed E-state index contributed by atoms with van der Waals surface area (Å²) in [4.78, 5) is 3.88. The second kappa shape index (κ2) is 7.99. The Morgan fingerprint density at radius 1 is 0.611 bits per heavy atom. The molecular weight excluding hydrogens is 436 g/mol. The molecule has 2 nitrogen and oxygen atoms in total. The molecule has 3 atom stereocenters. The monoisotopic (exact) mass is 466 g/mol. The molecule has 0 aliphatic carbocycles. The largest absolute Gasteiger partial charge is 0.356 e. The number of para-hydroxylation sites is 2. The van der Waals surface area contributed by atoms with Crippen LogP contribution in [0, 0.1) is 20.8 Å². The number of nitrogens with zero attached hydrogens (tertiary/aromatic N) is 1. The Morgan fingerprint density at radius 2 is 1.28 bits per heavy atom. The number of aromatic nitrogens is 2. The number of aryl methyl sites for hydroxylation is 3. The van der Waals surface area contributed by atoms with Crippen LogP contribution in [0.3, 0.4) is 0 Å². The van der Waals surface area contributed by atoms with Gasteiger partial charge in [0.05, 0.1) is 6.04 Å². The Kier molecular flexibility index (Phi) is 4.72. The zero-order valence-corrected chi connectivity index (χ0v) is 21.0. The van der Waals surface area contributed by atoms with Gasteiger partial charge in [-0.15, -0.1) is 0 Å². The molecular formula is C34H30N2. The van der Waals surface area contributed by atoms with Crippen LogP contribution in [0.4, 0.5) is 0 Å². The van der Waals surface area contributed by atoms with E-state index in [1.807, 2.05) is 0 Å². The number of hydrogen-bond donors (Lipinski definition) is 1. The van der Waals surface area contributed by atoms with Gasteiger partial charge in [-0.1, -0.05) is 96.6 Å². The summed E-state index contributed by atoms with van der Waals surface area (Å²) in [5, 5.41) is 2.67. The zero-order chi connectivity index (χ0) is 24.4. The number of aromatic amines is 1. The molecule has 0 bridgehead atoms. The number of H-pyrrole nitrogens is 1. The molecule has 2 heteroatoms. The van der Waals surface area contributed by atoms with E-state index in [1.165, 1.54) is 61.0 Å². The molecule has 1 aliphatic rings. The van der Waals surface area contributed by atoms with Crippen molar-refractivity contribution in [3.05, 3.63) is 142 Å². The average Bonchev–Trinajstić information content (AvgIpc) is 3.53. The minimum Gasteiger partial charge on any atom is -0.356 e. The number of benzene rings is 4. The van der Waals surface area contributed by atoms with Gasteiger partial charge in [0.1, 0.15) is 0 Å². The molecule has 4 aromatic carbocycles. The van der Waals surface area contributed by atoms with Gasteiger partial charge in [-0.3, -0.25) is 0 Å². The van der Waals surface area contributed by atoms with Gasteiger partial charge in [0, 0.05) is 45.0 Å². The minimum atomic E-state index is 0.166. The maximum Gasteiger partial charge on any atom is 0.0819 e. The zero-order valence-electron chi connectivity index (χ0n) is 21.0. The Labute approximate surface area is 212 Å². The molecule has 3 heterocycles. The van der Waals surface area contributed by atoms with Crippen LogP contribution in [0.1, 0.15) is 57.1 Å². The SMILES string of the molecule is Cc1ccc([C@H]2c3c(C)c4ccccc4n3[C@@H](c3[nH]c4ccccc4c3C)[C@@H]2c2ccccc2)cc1. The van der Waals surface area contributed by atoms with Crippen molar-refractivity contribution in [2.24, 2.45) is 0 Å². The predicted molar refractivity (Wildman–Crippen MR) is 150 cm³/mol. The fourth-order valence-corrected chi connectivity index (χ4v) is 6.74. The predicted octanol–water partition coefficient (Wildman–Crippen LogP) is 8.57. The lowest BCUT2D eigenvalue weighted by atomic mass is 9.76. The summed E-state index contributed by atoms with van der Waals surface area (Å²) in [6, 6.07) is 38.2. The van der Waals surface area contributed by atoms with Crippen molar-refractivity contribution in [1.29, 1.82) is 0 Å². The van der Waals surface area contributed by atoms with Gasteiger partial charge < -0.3 is 9.55 Å². The minimum absolute atomic E-state index is 0.166. The Hall–Kier alpha value is -4.04. The molecule has 0 amide bonds. The molecule has 0 fully saturated rings. The van der Waals surface area contributed by atoms with E-state index < -0.39 is 0 Å². The van der Waals surface area contributed by atoms with Crippen LogP contribution in [0.5, 0.6) is 0 Å². The molecule has 0 unspecified atom stereocenters. The smallest absolute Gasteiger partial charge is 0.0819 e. The third kappa shape index (κ3) is 2.97. The first-order valence-electron chi connectivity index (χ1n) is 12.9. The van der Waals surface area contributed by atoms with Crippen molar-refractivity contribution in [3.8, 4) is 0 Å². The maximum atomic E-state index is 3.88. The topological polar surface area (TPSA) is 20.7 Å². The van der Waals surface area contributed by atoms with Crippen LogP contribution in [0.15, 0.2) is 103 Å². The molecule has 0 spiro atoms. The second-order valence-corrected chi connectivity index (χ2v) is 10.4. The molecule has 0 radical (unpaired) electrons. The van der Waals surface area contributed by atoms with Crippen LogP contribution in [-0.4, -0.2) is 9.55 Å². The van der Waals surface area contributed by atoms with Crippen molar-refractivity contribution in [2.75, 3.05) is 0 Å². The molecule has 1 aliphatic heterocycles. The first kappa shape index (κ1) is 21.3. The fraction of sp³-hybridized carbons (Fsp3) is 0.176. The quantitative estimate of drug-likeness (QED) is 0.270. The molecule has 1 N–H and O–H groups in total. The maximum absolute atomic E-state index is 3.88. The van der Waals surface area contributed by atoms with E-state index in [4.69, 9.17) is 0 Å². The van der Waals surface area contributed by atoms with E-state index in [0.29, 0.717) is 0 Å². The van der Waals surface area contributed by atoms with Gasteiger partial charge in [0.15, 0.2) is 0 Å². The van der Waals surface area contributed by atoms with Crippen molar-refractivity contribution < 1.29 is 0 Å². The summed E-state index contributed by atoms with van der Waals surface area (Å²) in [7, 11) is 0. The standard InChI is InChI=1S/C34H30N2/c1-21-17-19-25(20-18-21)30-31(24-11-5-4-6-12-24)34(32-22(2)26-13-7-9-15-28(26)35-32)36-29-16-10-8-14-27(29)23(3)33(30)36/h4-20,30-31,34-35H,1-3H3/t30-,31-,34-/m1/s1. The lowest BCUT2D eigenvalue weighted by molar-refractivity contribution is 0.520. The highest BCUT2D eigenvalue weighted by molar-refractivity contribution is 5.88. The lowest BCUT2D eigenvalue weighted by Crippen LogP contribution is -2.17. The van der Waals surface area contributed by atoms with Crippen molar-refractivity contribution in [2.45, 2.75) is 38.6 Å². The van der Waals surface area contributed by atoms with E-state index in [-0.39, 0.29) is 17.9 Å². The molecule has 0 saturated carbocycles. The van der Waals surface area contributed by atoms with Gasteiger partial charge in [0.2, 0.25) is 0 Å². The van der Waals surface area contributed by atoms with Gasteiger partial charge >= 0.3 is 0 Å². The molecule has 2 aromatic heterocycles. The normalized spacial score (nSPS) is 19.2. The number of rotatable bonds is 3. The van der Waals surface area contributed by atoms with Crippen LogP contribution >= 0.6 is 0 Å². The van der Waals surface area contributed by atoms with Crippen LogP contribution in [0.2, 0.25) is 0 Å². The van der Waals surface area contributed by atoms with Gasteiger partial charge in [-0.25, -0.2) is 0 Å². The number of fused-ring (bicyclic) bond motifs is 4. The second-order valence-electron chi connectivity index (χ2n) is 10.4. The molecule has 0 saturated heterocycles. The Morgan fingerprint density at radius 3 is 2.03 bits per heavy atom. The first-order chi connectivity index (χ1) is 17.6. The van der Waals surface area contributed by atoms with E-state index in [0.717, 1.165) is 0 Å². The van der Waals surface area contributed by atoms with Gasteiger partial charge in [-0.05, 0) is 55.2 Å². The Bertz CT molecular complexity index is 1720. The van der Waals surface area contributed by atoms with Crippen molar-refractivity contribution in [3.63, 3.8) is 0 Å². The highest BCUT2D eigenvalue weighted by atomic mass is 15.1. The van der Waals surface area contributed by atoms with E-state index in [1.54, 1.807) is 0 Å². The van der Waals surface area contributed by atoms with Crippen LogP contribution in [-0.2, 0) is 0 Å². The van der Waals surface area contributed by atoms with Gasteiger partial charge in [-0.2, -0.15) is 0 Å². The third-order valence-electron chi connectivity index (χ3n) is 8.40. The van der Waals surface area contributed by atoms with Crippen LogP contribution in [0.25, 0.3) is 21.8 Å².